The number of rotatable bonds is 6. The average Bonchev–Trinajstić information content (AvgIpc) is 3.51. The quantitative estimate of drug-likeness (QED) is 0.286. The van der Waals surface area contributed by atoms with Gasteiger partial charge in [-0.25, -0.2) is 13.4 Å². The number of thiazole rings is 1. The lowest BCUT2D eigenvalue weighted by atomic mass is 10.0. The van der Waals surface area contributed by atoms with Crippen molar-refractivity contribution in [3.05, 3.63) is 76.7 Å². The summed E-state index contributed by atoms with van der Waals surface area (Å²) in [5, 5.41) is 0.540. The molecule has 0 aliphatic carbocycles. The Bertz CT molecular complexity index is 1450. The van der Waals surface area contributed by atoms with Crippen LogP contribution in [0.5, 0.6) is 0 Å². The number of piperidine rings is 1. The zero-order valence-corrected chi connectivity index (χ0v) is 22.3. The van der Waals surface area contributed by atoms with Crippen LogP contribution in [0.15, 0.2) is 74.6 Å². The zero-order chi connectivity index (χ0) is 24.6. The standard InChI is InChI=1S/C25H24BrN3O4S2/c1-17-4-2-12-28(15-17)35(31,32)21-9-6-18(7-10-21)24(30)29(16-20-5-3-13-33-20)25-27-22-11-8-19(26)14-23(22)34-25/h3,5-11,13-14,17H,2,4,12,15-16H2,1H3. The highest BCUT2D eigenvalue weighted by molar-refractivity contribution is 9.10. The molecule has 1 atom stereocenters. The Hall–Kier alpha value is -2.53. The summed E-state index contributed by atoms with van der Waals surface area (Å²) < 4.78 is 35.1. The first-order valence-corrected chi connectivity index (χ1v) is 14.4. The fourth-order valence-corrected chi connectivity index (χ4v) is 7.34. The van der Waals surface area contributed by atoms with Gasteiger partial charge in [-0.1, -0.05) is 34.2 Å². The van der Waals surface area contributed by atoms with Gasteiger partial charge in [0, 0.05) is 23.1 Å². The number of hydrogen-bond acceptors (Lipinski definition) is 6. The number of hydrogen-bond donors (Lipinski definition) is 0. The summed E-state index contributed by atoms with van der Waals surface area (Å²) in [5.41, 5.74) is 1.17. The van der Waals surface area contributed by atoms with Crippen molar-refractivity contribution in [3.8, 4) is 0 Å². The predicted octanol–water partition coefficient (Wildman–Crippen LogP) is 5.92. The molecule has 1 aliphatic heterocycles. The van der Waals surface area contributed by atoms with Gasteiger partial charge in [0.1, 0.15) is 5.76 Å². The predicted molar refractivity (Wildman–Crippen MR) is 140 cm³/mol. The summed E-state index contributed by atoms with van der Waals surface area (Å²) in [7, 11) is -3.59. The molecule has 1 amide bonds. The molecule has 10 heteroatoms. The third-order valence-electron chi connectivity index (χ3n) is 6.07. The van der Waals surface area contributed by atoms with E-state index in [2.05, 4.69) is 27.8 Å². The largest absolute Gasteiger partial charge is 0.467 e. The second kappa shape index (κ2) is 9.85. The lowest BCUT2D eigenvalue weighted by molar-refractivity contribution is 0.0983. The van der Waals surface area contributed by atoms with Gasteiger partial charge in [-0.05, 0) is 73.4 Å². The van der Waals surface area contributed by atoms with Crippen molar-refractivity contribution in [2.24, 2.45) is 5.92 Å². The van der Waals surface area contributed by atoms with Crippen LogP contribution in [0.3, 0.4) is 0 Å². The normalized spacial score (nSPS) is 17.0. The maximum Gasteiger partial charge on any atom is 0.260 e. The molecule has 3 heterocycles. The van der Waals surface area contributed by atoms with Gasteiger partial charge in [0.05, 0.1) is 27.9 Å². The van der Waals surface area contributed by atoms with Crippen LogP contribution in [-0.2, 0) is 16.6 Å². The lowest BCUT2D eigenvalue weighted by Crippen LogP contribution is -2.39. The number of carbonyl (C=O) groups is 1. The monoisotopic (exact) mass is 573 g/mol. The molecule has 2 aromatic heterocycles. The molecule has 1 aliphatic rings. The third kappa shape index (κ3) is 5.06. The van der Waals surface area contributed by atoms with E-state index in [0.29, 0.717) is 35.5 Å². The molecule has 182 valence electrons. The van der Waals surface area contributed by atoms with Crippen LogP contribution >= 0.6 is 27.3 Å². The van der Waals surface area contributed by atoms with E-state index in [1.54, 1.807) is 39.7 Å². The summed E-state index contributed by atoms with van der Waals surface area (Å²) in [5.74, 6) is 0.677. The fourth-order valence-electron chi connectivity index (χ4n) is 4.23. The second-order valence-electron chi connectivity index (χ2n) is 8.71. The molecule has 35 heavy (non-hydrogen) atoms. The van der Waals surface area contributed by atoms with E-state index < -0.39 is 10.0 Å². The van der Waals surface area contributed by atoms with Gasteiger partial charge in [-0.2, -0.15) is 4.31 Å². The number of aromatic nitrogens is 1. The van der Waals surface area contributed by atoms with E-state index in [0.717, 1.165) is 27.5 Å². The first kappa shape index (κ1) is 24.2. The summed E-state index contributed by atoms with van der Waals surface area (Å²) in [6.45, 7) is 3.32. The van der Waals surface area contributed by atoms with E-state index in [1.807, 2.05) is 18.2 Å². The highest BCUT2D eigenvalue weighted by Gasteiger charge is 2.29. The third-order valence-corrected chi connectivity index (χ3v) is 9.48. The molecular formula is C25H24BrN3O4S2. The molecule has 0 radical (unpaired) electrons. The second-order valence-corrected chi connectivity index (χ2v) is 12.6. The number of benzene rings is 2. The Balaban J connectivity index is 1.45. The van der Waals surface area contributed by atoms with Crippen molar-refractivity contribution in [1.82, 2.24) is 9.29 Å². The Morgan fingerprint density at radius 2 is 2.03 bits per heavy atom. The number of amides is 1. The van der Waals surface area contributed by atoms with Gasteiger partial charge in [-0.3, -0.25) is 9.69 Å². The topological polar surface area (TPSA) is 83.7 Å². The van der Waals surface area contributed by atoms with Gasteiger partial charge in [0.2, 0.25) is 10.0 Å². The highest BCUT2D eigenvalue weighted by Crippen LogP contribution is 2.33. The molecule has 0 spiro atoms. The van der Waals surface area contributed by atoms with Gasteiger partial charge in [0.15, 0.2) is 5.13 Å². The number of anilines is 1. The van der Waals surface area contributed by atoms with Crippen LogP contribution in [0.25, 0.3) is 10.2 Å². The van der Waals surface area contributed by atoms with Gasteiger partial charge < -0.3 is 4.42 Å². The number of carbonyl (C=O) groups excluding carboxylic acids is 1. The summed E-state index contributed by atoms with van der Waals surface area (Å²) >= 11 is 4.89. The van der Waals surface area contributed by atoms with Gasteiger partial charge in [0.25, 0.3) is 5.91 Å². The van der Waals surface area contributed by atoms with E-state index in [-0.39, 0.29) is 17.3 Å². The van der Waals surface area contributed by atoms with Crippen LogP contribution in [0, 0.1) is 5.92 Å². The molecule has 5 rings (SSSR count). The number of fused-ring (bicyclic) bond motifs is 1. The molecular weight excluding hydrogens is 550 g/mol. The van der Waals surface area contributed by atoms with E-state index in [1.165, 1.54) is 23.5 Å². The smallest absolute Gasteiger partial charge is 0.260 e. The first-order chi connectivity index (χ1) is 16.8. The molecule has 0 saturated carbocycles. The molecule has 0 bridgehead atoms. The fraction of sp³-hybridized carbons (Fsp3) is 0.280. The van der Waals surface area contributed by atoms with Crippen molar-refractivity contribution in [2.75, 3.05) is 18.0 Å². The van der Waals surface area contributed by atoms with Crippen LogP contribution in [0.4, 0.5) is 5.13 Å². The first-order valence-electron chi connectivity index (χ1n) is 11.3. The summed E-state index contributed by atoms with van der Waals surface area (Å²) in [4.78, 5) is 20.0. The molecule has 1 fully saturated rings. The minimum absolute atomic E-state index is 0.200. The average molecular weight is 575 g/mol. The van der Waals surface area contributed by atoms with Crippen LogP contribution in [-0.4, -0.2) is 36.7 Å². The molecule has 4 aromatic rings. The lowest BCUT2D eigenvalue weighted by Gasteiger charge is -2.30. The number of sulfonamides is 1. The Labute approximate surface area is 216 Å². The van der Waals surface area contributed by atoms with Crippen LogP contribution < -0.4 is 4.90 Å². The number of halogens is 1. The SMILES string of the molecule is CC1CCCN(S(=O)(=O)c2ccc(C(=O)N(Cc3ccco3)c3nc4ccc(Br)cc4s3)cc2)C1. The maximum absolute atomic E-state index is 13.6. The van der Waals surface area contributed by atoms with Crippen LogP contribution in [0.1, 0.15) is 35.9 Å². The minimum atomic E-state index is -3.59. The molecule has 1 unspecified atom stereocenters. The maximum atomic E-state index is 13.6. The molecule has 1 saturated heterocycles. The van der Waals surface area contributed by atoms with Crippen molar-refractivity contribution >= 4 is 58.5 Å². The number of furan rings is 1. The highest BCUT2D eigenvalue weighted by atomic mass is 79.9. The van der Waals surface area contributed by atoms with E-state index >= 15 is 0 Å². The summed E-state index contributed by atoms with van der Waals surface area (Å²) in [6, 6.07) is 15.5. The Morgan fingerprint density at radius 1 is 1.23 bits per heavy atom. The van der Waals surface area contributed by atoms with Crippen molar-refractivity contribution in [2.45, 2.75) is 31.2 Å². The number of nitrogens with zero attached hydrogens (tertiary/aromatic N) is 3. The van der Waals surface area contributed by atoms with Crippen molar-refractivity contribution < 1.29 is 17.6 Å². The van der Waals surface area contributed by atoms with E-state index in [4.69, 9.17) is 4.42 Å². The van der Waals surface area contributed by atoms with Gasteiger partial charge >= 0.3 is 0 Å². The Morgan fingerprint density at radius 3 is 2.74 bits per heavy atom. The van der Waals surface area contributed by atoms with Gasteiger partial charge in [-0.15, -0.1) is 0 Å². The van der Waals surface area contributed by atoms with Crippen molar-refractivity contribution in [3.63, 3.8) is 0 Å². The zero-order valence-electron chi connectivity index (χ0n) is 19.1. The molecule has 0 N–H and O–H groups in total. The van der Waals surface area contributed by atoms with Crippen LogP contribution in [0.2, 0.25) is 0 Å². The minimum Gasteiger partial charge on any atom is -0.467 e. The molecule has 2 aromatic carbocycles. The van der Waals surface area contributed by atoms with Crippen molar-refractivity contribution in [1.29, 1.82) is 0 Å². The van der Waals surface area contributed by atoms with E-state index in [9.17, 15) is 13.2 Å². The Kier molecular flexibility index (Phi) is 6.80. The molecule has 7 nitrogen and oxygen atoms in total. The summed E-state index contributed by atoms with van der Waals surface area (Å²) in [6.07, 6.45) is 3.46.